The Hall–Kier alpha value is -2.13. The number of hydrogen-bond acceptors (Lipinski definition) is 2. The highest BCUT2D eigenvalue weighted by atomic mass is 16.6. The van der Waals surface area contributed by atoms with Crippen LogP contribution in [-0.2, 0) is 15.1 Å². The zero-order valence-corrected chi connectivity index (χ0v) is 17.4. The van der Waals surface area contributed by atoms with Crippen LogP contribution in [0.4, 0.5) is 0 Å². The van der Waals surface area contributed by atoms with Crippen LogP contribution in [0, 0.1) is 5.92 Å². The molecule has 1 saturated heterocycles. The van der Waals surface area contributed by atoms with Crippen LogP contribution < -0.4 is 0 Å². The van der Waals surface area contributed by atoms with E-state index in [0.29, 0.717) is 12.5 Å². The van der Waals surface area contributed by atoms with Crippen LogP contribution >= 0.6 is 0 Å². The standard InChI is InChI=1S/C24H31NO2/c1-7-10-17(2)15-21-14-13-20-11-8-9-12-22(20)24(18(21)3)16-25(19(4)26)23(5,6)27-24/h7-14,17H,15-16H2,1-6H3/b10-7-. The number of nitrogens with zero attached hydrogens (tertiary/aromatic N) is 1. The van der Waals surface area contributed by atoms with Crippen molar-refractivity contribution in [3.05, 3.63) is 64.8 Å². The molecule has 1 fully saturated rings. The number of benzene rings is 1. The van der Waals surface area contributed by atoms with E-state index in [-0.39, 0.29) is 5.91 Å². The zero-order chi connectivity index (χ0) is 19.8. The average molecular weight is 366 g/mol. The van der Waals surface area contributed by atoms with Crippen molar-refractivity contribution in [2.75, 3.05) is 6.54 Å². The third-order valence-electron chi connectivity index (χ3n) is 5.85. The highest BCUT2D eigenvalue weighted by Gasteiger charge is 2.54. The molecule has 0 saturated carbocycles. The summed E-state index contributed by atoms with van der Waals surface area (Å²) in [5.74, 6) is 0.490. The minimum absolute atomic E-state index is 0.0446. The first kappa shape index (κ1) is 19.6. The van der Waals surface area contributed by atoms with E-state index >= 15 is 0 Å². The van der Waals surface area contributed by atoms with Gasteiger partial charge in [-0.25, -0.2) is 0 Å². The monoisotopic (exact) mass is 365 g/mol. The van der Waals surface area contributed by atoms with Crippen molar-refractivity contribution in [1.29, 1.82) is 0 Å². The fraction of sp³-hybridized carbons (Fsp3) is 0.458. The SMILES string of the molecule is C/C=C\C(C)CC1=C(C)C2(CN(C(C)=O)C(C)(C)O2)c2ccccc2C=C1. The maximum atomic E-state index is 12.3. The molecule has 1 amide bonds. The van der Waals surface area contributed by atoms with E-state index < -0.39 is 11.3 Å². The van der Waals surface area contributed by atoms with E-state index in [0.717, 1.165) is 17.5 Å². The molecule has 2 aliphatic rings. The summed E-state index contributed by atoms with van der Waals surface area (Å²) in [6.45, 7) is 12.6. The van der Waals surface area contributed by atoms with Gasteiger partial charge in [-0.15, -0.1) is 0 Å². The van der Waals surface area contributed by atoms with Gasteiger partial charge in [0, 0.05) is 6.92 Å². The number of allylic oxidation sites excluding steroid dienone is 4. The smallest absolute Gasteiger partial charge is 0.221 e. The van der Waals surface area contributed by atoms with Crippen LogP contribution in [0.25, 0.3) is 6.08 Å². The fourth-order valence-corrected chi connectivity index (χ4v) is 4.50. The number of fused-ring (bicyclic) bond motifs is 2. The second-order valence-electron chi connectivity index (χ2n) is 8.26. The number of amides is 1. The summed E-state index contributed by atoms with van der Waals surface area (Å²) in [7, 11) is 0. The van der Waals surface area contributed by atoms with Crippen LogP contribution in [0.3, 0.4) is 0 Å². The first-order valence-corrected chi connectivity index (χ1v) is 9.80. The van der Waals surface area contributed by atoms with Crippen LogP contribution in [0.5, 0.6) is 0 Å². The second-order valence-corrected chi connectivity index (χ2v) is 8.26. The Morgan fingerprint density at radius 1 is 1.30 bits per heavy atom. The topological polar surface area (TPSA) is 29.5 Å². The maximum absolute atomic E-state index is 12.3. The van der Waals surface area contributed by atoms with Crippen molar-refractivity contribution >= 4 is 12.0 Å². The molecule has 1 aliphatic heterocycles. The van der Waals surface area contributed by atoms with Gasteiger partial charge >= 0.3 is 0 Å². The molecule has 0 bridgehead atoms. The van der Waals surface area contributed by atoms with Crippen molar-refractivity contribution in [2.45, 2.75) is 59.3 Å². The Morgan fingerprint density at radius 3 is 2.63 bits per heavy atom. The van der Waals surface area contributed by atoms with E-state index in [2.05, 4.69) is 69.3 Å². The number of carbonyl (C=O) groups is 1. The molecular formula is C24H31NO2. The van der Waals surface area contributed by atoms with E-state index in [1.165, 1.54) is 11.1 Å². The van der Waals surface area contributed by atoms with E-state index in [1.807, 2.05) is 18.7 Å². The van der Waals surface area contributed by atoms with E-state index in [9.17, 15) is 4.79 Å². The molecule has 1 heterocycles. The van der Waals surface area contributed by atoms with Gasteiger partial charge in [-0.3, -0.25) is 4.79 Å². The van der Waals surface area contributed by atoms with Gasteiger partial charge in [0.05, 0.1) is 6.54 Å². The largest absolute Gasteiger partial charge is 0.339 e. The van der Waals surface area contributed by atoms with E-state index in [4.69, 9.17) is 4.74 Å². The third kappa shape index (κ3) is 3.41. The first-order chi connectivity index (χ1) is 12.7. The minimum atomic E-state index is -0.648. The normalized spacial score (nSPS) is 25.2. The third-order valence-corrected chi connectivity index (χ3v) is 5.85. The quantitative estimate of drug-likeness (QED) is 0.667. The Balaban J connectivity index is 2.18. The van der Waals surface area contributed by atoms with Gasteiger partial charge in [-0.2, -0.15) is 0 Å². The van der Waals surface area contributed by atoms with Gasteiger partial charge in [0.15, 0.2) is 0 Å². The highest BCUT2D eigenvalue weighted by Crippen LogP contribution is 2.49. The molecule has 0 aromatic heterocycles. The van der Waals surface area contributed by atoms with Crippen molar-refractivity contribution in [3.63, 3.8) is 0 Å². The van der Waals surface area contributed by atoms with Gasteiger partial charge in [-0.1, -0.05) is 55.5 Å². The Morgan fingerprint density at radius 2 is 2.00 bits per heavy atom. The second kappa shape index (κ2) is 7.12. The maximum Gasteiger partial charge on any atom is 0.221 e. The summed E-state index contributed by atoms with van der Waals surface area (Å²) in [6, 6.07) is 8.39. The lowest BCUT2D eigenvalue weighted by Gasteiger charge is -2.33. The molecule has 27 heavy (non-hydrogen) atoms. The summed E-state index contributed by atoms with van der Waals surface area (Å²) in [6.07, 6.45) is 9.72. The molecule has 3 heteroatoms. The molecule has 1 aliphatic carbocycles. The average Bonchev–Trinajstić information content (AvgIpc) is 2.85. The van der Waals surface area contributed by atoms with Crippen LogP contribution in [0.15, 0.2) is 53.6 Å². The van der Waals surface area contributed by atoms with Gasteiger partial charge in [0.25, 0.3) is 0 Å². The van der Waals surface area contributed by atoms with Gasteiger partial charge in [-0.05, 0) is 62.3 Å². The molecule has 2 atom stereocenters. The first-order valence-electron chi connectivity index (χ1n) is 9.80. The van der Waals surface area contributed by atoms with Gasteiger partial charge in [0.1, 0.15) is 11.3 Å². The molecule has 1 aromatic carbocycles. The lowest BCUT2D eigenvalue weighted by atomic mass is 9.82. The predicted molar refractivity (Wildman–Crippen MR) is 111 cm³/mol. The number of carbonyl (C=O) groups excluding carboxylic acids is 1. The minimum Gasteiger partial charge on any atom is -0.339 e. The van der Waals surface area contributed by atoms with Crippen LogP contribution in [0.1, 0.15) is 59.1 Å². The predicted octanol–water partition coefficient (Wildman–Crippen LogP) is 5.44. The molecule has 1 aromatic rings. The lowest BCUT2D eigenvalue weighted by Crippen LogP contribution is -2.42. The molecule has 0 radical (unpaired) electrons. The summed E-state index contributed by atoms with van der Waals surface area (Å²) in [5.41, 5.74) is 3.54. The number of rotatable bonds is 3. The summed E-state index contributed by atoms with van der Waals surface area (Å²) in [5, 5.41) is 0. The van der Waals surface area contributed by atoms with Crippen LogP contribution in [0.2, 0.25) is 0 Å². The van der Waals surface area contributed by atoms with Crippen molar-refractivity contribution in [1.82, 2.24) is 4.90 Å². The van der Waals surface area contributed by atoms with Gasteiger partial charge in [0.2, 0.25) is 5.91 Å². The summed E-state index contributed by atoms with van der Waals surface area (Å²) >= 11 is 0. The molecular weight excluding hydrogens is 334 g/mol. The Bertz CT molecular complexity index is 831. The molecule has 1 spiro atoms. The van der Waals surface area contributed by atoms with E-state index in [1.54, 1.807) is 6.92 Å². The Labute approximate surface area is 163 Å². The number of ether oxygens (including phenoxy) is 1. The molecule has 0 N–H and O–H groups in total. The molecule has 3 nitrogen and oxygen atoms in total. The lowest BCUT2D eigenvalue weighted by molar-refractivity contribution is -0.147. The van der Waals surface area contributed by atoms with Crippen molar-refractivity contribution in [2.24, 2.45) is 5.92 Å². The Kier molecular flexibility index (Phi) is 5.18. The molecule has 3 rings (SSSR count). The summed E-state index contributed by atoms with van der Waals surface area (Å²) < 4.78 is 6.73. The highest BCUT2D eigenvalue weighted by molar-refractivity contribution is 5.75. The van der Waals surface area contributed by atoms with Crippen LogP contribution in [-0.4, -0.2) is 23.1 Å². The fourth-order valence-electron chi connectivity index (χ4n) is 4.50. The number of hydrogen-bond donors (Lipinski definition) is 0. The zero-order valence-electron chi connectivity index (χ0n) is 17.4. The van der Waals surface area contributed by atoms with Gasteiger partial charge < -0.3 is 9.64 Å². The molecule has 2 unspecified atom stereocenters. The van der Waals surface area contributed by atoms with Crippen molar-refractivity contribution in [3.8, 4) is 0 Å². The van der Waals surface area contributed by atoms with Crippen molar-refractivity contribution < 1.29 is 9.53 Å². The summed E-state index contributed by atoms with van der Waals surface area (Å²) in [4.78, 5) is 14.2. The molecule has 144 valence electrons.